The normalized spacial score (nSPS) is 12.8. The molecule has 2 N–H and O–H groups in total. The van der Waals surface area contributed by atoms with Crippen LogP contribution in [0.3, 0.4) is 0 Å². The van der Waals surface area contributed by atoms with E-state index in [9.17, 15) is 19.8 Å². The van der Waals surface area contributed by atoms with Gasteiger partial charge in [0, 0.05) is 23.8 Å². The van der Waals surface area contributed by atoms with E-state index in [-0.39, 0.29) is 34.8 Å². The fraction of sp³-hybridized carbons (Fsp3) is 0.125. The van der Waals surface area contributed by atoms with Crippen molar-refractivity contribution < 1.29 is 29.3 Å². The summed E-state index contributed by atoms with van der Waals surface area (Å²) in [5.41, 5.74) is 0.221. The summed E-state index contributed by atoms with van der Waals surface area (Å²) in [7, 11) is 1.37. The van der Waals surface area contributed by atoms with E-state index in [2.05, 4.69) is 0 Å². The predicted octanol–water partition coefficient (Wildman–Crippen LogP) is 1.86. The van der Waals surface area contributed by atoms with E-state index in [4.69, 9.17) is 9.47 Å². The van der Waals surface area contributed by atoms with Gasteiger partial charge in [-0.2, -0.15) is 0 Å². The van der Waals surface area contributed by atoms with Crippen molar-refractivity contribution in [3.8, 4) is 17.2 Å². The Balaban J connectivity index is 2.23. The minimum atomic E-state index is -0.570. The van der Waals surface area contributed by atoms with E-state index in [1.165, 1.54) is 19.2 Å². The molecule has 6 nitrogen and oxygen atoms in total. The summed E-state index contributed by atoms with van der Waals surface area (Å²) in [6.45, 7) is -0.224. The minimum Gasteiger partial charge on any atom is -0.504 e. The van der Waals surface area contributed by atoms with Crippen molar-refractivity contribution in [1.29, 1.82) is 0 Å². The fourth-order valence-electron chi connectivity index (χ4n) is 2.46. The number of methoxy groups -OCH3 is 1. The van der Waals surface area contributed by atoms with Gasteiger partial charge >= 0.3 is 0 Å². The van der Waals surface area contributed by atoms with Crippen molar-refractivity contribution in [3.05, 3.63) is 52.6 Å². The highest BCUT2D eigenvalue weighted by molar-refractivity contribution is 6.29. The molecule has 0 aromatic heterocycles. The third-order valence-electron chi connectivity index (χ3n) is 3.44. The second-order valence-corrected chi connectivity index (χ2v) is 4.75. The van der Waals surface area contributed by atoms with Crippen LogP contribution in [0.4, 0.5) is 0 Å². The lowest BCUT2D eigenvalue weighted by Gasteiger charge is -2.20. The Morgan fingerprint density at radius 1 is 1.00 bits per heavy atom. The van der Waals surface area contributed by atoms with E-state index >= 15 is 0 Å². The Hall–Kier alpha value is -2.86. The Morgan fingerprint density at radius 3 is 2.27 bits per heavy atom. The number of aromatic hydroxyl groups is 2. The van der Waals surface area contributed by atoms with Crippen molar-refractivity contribution in [3.63, 3.8) is 0 Å². The SMILES string of the molecule is COCOc1c(O)cc2c(c1O)C(=O)c1ccccc1C2=O. The molecule has 6 heteroatoms. The van der Waals surface area contributed by atoms with Gasteiger partial charge in [-0.3, -0.25) is 9.59 Å². The number of hydrogen-bond acceptors (Lipinski definition) is 6. The van der Waals surface area contributed by atoms with E-state index in [1.807, 2.05) is 0 Å². The molecule has 0 fully saturated rings. The van der Waals surface area contributed by atoms with E-state index < -0.39 is 23.1 Å². The first kappa shape index (κ1) is 14.1. The zero-order valence-corrected chi connectivity index (χ0v) is 11.6. The molecule has 0 saturated heterocycles. The third kappa shape index (κ3) is 1.93. The van der Waals surface area contributed by atoms with Crippen LogP contribution in [-0.2, 0) is 4.74 Å². The van der Waals surface area contributed by atoms with Gasteiger partial charge in [0.05, 0.1) is 5.56 Å². The highest BCUT2D eigenvalue weighted by Gasteiger charge is 2.34. The molecule has 0 atom stereocenters. The lowest BCUT2D eigenvalue weighted by atomic mass is 9.83. The van der Waals surface area contributed by atoms with Gasteiger partial charge in [0.15, 0.2) is 29.9 Å². The zero-order valence-electron chi connectivity index (χ0n) is 11.6. The number of carbonyl (C=O) groups is 2. The molecule has 1 aliphatic rings. The van der Waals surface area contributed by atoms with E-state index in [1.54, 1.807) is 12.1 Å². The monoisotopic (exact) mass is 300 g/mol. The number of rotatable bonds is 3. The smallest absolute Gasteiger partial charge is 0.206 e. The van der Waals surface area contributed by atoms with Crippen LogP contribution < -0.4 is 4.74 Å². The summed E-state index contributed by atoms with van der Waals surface area (Å²) in [6, 6.07) is 7.44. The van der Waals surface area contributed by atoms with Gasteiger partial charge in [0.1, 0.15) is 0 Å². The van der Waals surface area contributed by atoms with Crippen LogP contribution >= 0.6 is 0 Å². The van der Waals surface area contributed by atoms with E-state index in [0.717, 1.165) is 6.07 Å². The van der Waals surface area contributed by atoms with Crippen LogP contribution in [0.25, 0.3) is 0 Å². The highest BCUT2D eigenvalue weighted by atomic mass is 16.7. The van der Waals surface area contributed by atoms with Crippen molar-refractivity contribution in [2.75, 3.05) is 13.9 Å². The summed E-state index contributed by atoms with van der Waals surface area (Å²) < 4.78 is 9.78. The molecule has 0 unspecified atom stereocenters. The Bertz CT molecular complexity index is 793. The number of fused-ring (bicyclic) bond motifs is 2. The van der Waals surface area contributed by atoms with Crippen LogP contribution in [0.2, 0.25) is 0 Å². The van der Waals surface area contributed by atoms with Crippen molar-refractivity contribution in [2.24, 2.45) is 0 Å². The number of phenols is 2. The van der Waals surface area contributed by atoms with Gasteiger partial charge in [-0.1, -0.05) is 24.3 Å². The average Bonchev–Trinajstić information content (AvgIpc) is 2.52. The summed E-state index contributed by atoms with van der Waals surface area (Å²) in [5, 5.41) is 20.2. The molecule has 22 heavy (non-hydrogen) atoms. The first-order valence-corrected chi connectivity index (χ1v) is 6.45. The maximum Gasteiger partial charge on any atom is 0.206 e. The Kier molecular flexibility index (Phi) is 3.30. The minimum absolute atomic E-state index is 0.0523. The van der Waals surface area contributed by atoms with E-state index in [0.29, 0.717) is 0 Å². The summed E-state index contributed by atoms with van der Waals surface area (Å²) in [5.74, 6) is -2.23. The largest absolute Gasteiger partial charge is 0.504 e. The summed E-state index contributed by atoms with van der Waals surface area (Å²) >= 11 is 0. The highest BCUT2D eigenvalue weighted by Crippen LogP contribution is 2.44. The molecule has 2 aromatic carbocycles. The van der Waals surface area contributed by atoms with Crippen molar-refractivity contribution in [1.82, 2.24) is 0 Å². The molecule has 112 valence electrons. The predicted molar refractivity (Wildman–Crippen MR) is 75.6 cm³/mol. The van der Waals surface area contributed by atoms with Crippen LogP contribution in [0.1, 0.15) is 31.8 Å². The van der Waals surface area contributed by atoms with Gasteiger partial charge in [-0.15, -0.1) is 0 Å². The molecule has 0 saturated carbocycles. The lowest BCUT2D eigenvalue weighted by molar-refractivity contribution is 0.0470. The number of carbonyl (C=O) groups excluding carboxylic acids is 2. The van der Waals surface area contributed by atoms with Gasteiger partial charge < -0.3 is 19.7 Å². The molecular formula is C16H12O6. The molecule has 0 aliphatic heterocycles. The molecule has 0 heterocycles. The number of hydrogen-bond donors (Lipinski definition) is 2. The molecule has 1 aliphatic carbocycles. The van der Waals surface area contributed by atoms with Crippen LogP contribution in [0.15, 0.2) is 30.3 Å². The third-order valence-corrected chi connectivity index (χ3v) is 3.44. The average molecular weight is 300 g/mol. The maximum absolute atomic E-state index is 12.5. The molecule has 0 radical (unpaired) electrons. The van der Waals surface area contributed by atoms with Crippen molar-refractivity contribution in [2.45, 2.75) is 0 Å². The van der Waals surface area contributed by atoms with Crippen LogP contribution in [0, 0.1) is 0 Å². The first-order valence-electron chi connectivity index (χ1n) is 6.45. The molecule has 0 spiro atoms. The first-order chi connectivity index (χ1) is 10.6. The topological polar surface area (TPSA) is 93.1 Å². The van der Waals surface area contributed by atoms with Gasteiger partial charge in [-0.25, -0.2) is 0 Å². The molecule has 2 aromatic rings. The molecule has 0 bridgehead atoms. The number of phenolic OH excluding ortho intramolecular Hbond substituents is 2. The van der Waals surface area contributed by atoms with Gasteiger partial charge in [0.2, 0.25) is 5.75 Å². The molecular weight excluding hydrogens is 288 g/mol. The second kappa shape index (κ2) is 5.16. The number of ether oxygens (including phenoxy) is 2. The maximum atomic E-state index is 12.5. The van der Waals surface area contributed by atoms with Crippen LogP contribution in [0.5, 0.6) is 17.2 Å². The molecule has 3 rings (SSSR count). The number of ketones is 2. The lowest BCUT2D eigenvalue weighted by Crippen LogP contribution is -2.21. The van der Waals surface area contributed by atoms with Gasteiger partial charge in [-0.05, 0) is 6.07 Å². The summed E-state index contributed by atoms with van der Waals surface area (Å²) in [6.07, 6.45) is 0. The fourth-order valence-corrected chi connectivity index (χ4v) is 2.46. The quantitative estimate of drug-likeness (QED) is 0.717. The Morgan fingerprint density at radius 2 is 1.64 bits per heavy atom. The van der Waals surface area contributed by atoms with Gasteiger partial charge in [0.25, 0.3) is 0 Å². The summed E-state index contributed by atoms with van der Waals surface area (Å²) in [4.78, 5) is 25.0. The Labute approximate surface area is 125 Å². The molecule has 0 amide bonds. The zero-order chi connectivity index (χ0) is 15.9. The standard InChI is InChI=1S/C16H12O6/c1-21-7-22-16-11(17)6-10-12(15(16)20)14(19)9-5-3-2-4-8(9)13(10)18/h2-6,17,20H,7H2,1H3. The second-order valence-electron chi connectivity index (χ2n) is 4.75. The van der Waals surface area contributed by atoms with Crippen molar-refractivity contribution >= 4 is 11.6 Å². The number of benzene rings is 2. The van der Waals surface area contributed by atoms with Crippen LogP contribution in [-0.4, -0.2) is 35.7 Å².